The molecule has 1 aliphatic rings. The second-order valence-corrected chi connectivity index (χ2v) is 5.67. The molecule has 0 bridgehead atoms. The molecule has 3 heteroatoms. The van der Waals surface area contributed by atoms with Gasteiger partial charge in [-0.1, -0.05) is 0 Å². The summed E-state index contributed by atoms with van der Waals surface area (Å²) in [5.41, 5.74) is 4.84. The molecule has 0 saturated carbocycles. The first-order valence-corrected chi connectivity index (χ1v) is 4.90. The van der Waals surface area contributed by atoms with Crippen LogP contribution < -0.4 is 11.1 Å². The zero-order valence-corrected chi connectivity index (χ0v) is 9.15. The highest BCUT2D eigenvalue weighted by Gasteiger charge is 2.45. The highest BCUT2D eigenvalue weighted by molar-refractivity contribution is 5.04. The molecule has 1 saturated heterocycles. The topological polar surface area (TPSA) is 58.3 Å². The molecule has 78 valence electrons. The van der Waals surface area contributed by atoms with Crippen molar-refractivity contribution in [3.05, 3.63) is 0 Å². The molecule has 0 aliphatic carbocycles. The van der Waals surface area contributed by atoms with Crippen LogP contribution in [0.3, 0.4) is 0 Å². The lowest BCUT2D eigenvalue weighted by Gasteiger charge is -2.50. The summed E-state index contributed by atoms with van der Waals surface area (Å²) in [5.74, 6) is 0. The summed E-state index contributed by atoms with van der Waals surface area (Å²) in [6.45, 7) is 8.77. The van der Waals surface area contributed by atoms with Crippen molar-refractivity contribution in [2.45, 2.75) is 57.2 Å². The van der Waals surface area contributed by atoms with Crippen molar-refractivity contribution in [3.8, 4) is 0 Å². The van der Waals surface area contributed by atoms with E-state index in [0.29, 0.717) is 6.54 Å². The number of hydrogen-bond acceptors (Lipinski definition) is 3. The molecule has 0 radical (unpaired) electrons. The van der Waals surface area contributed by atoms with E-state index in [1.807, 2.05) is 0 Å². The standard InChI is InChI=1S/C10H22N2O/c1-8(2)5-10(13,7-11)6-9(3,4)12-8/h12-13H,5-7,11H2,1-4H3. The van der Waals surface area contributed by atoms with Gasteiger partial charge < -0.3 is 16.2 Å². The molecule has 0 aromatic heterocycles. The molecule has 0 aromatic rings. The third kappa shape index (κ3) is 2.66. The van der Waals surface area contributed by atoms with E-state index in [4.69, 9.17) is 5.73 Å². The highest BCUT2D eigenvalue weighted by atomic mass is 16.3. The van der Waals surface area contributed by atoms with Crippen LogP contribution in [0, 0.1) is 0 Å². The fourth-order valence-corrected chi connectivity index (χ4v) is 2.86. The van der Waals surface area contributed by atoms with Crippen molar-refractivity contribution in [1.82, 2.24) is 5.32 Å². The molecule has 0 spiro atoms. The molecule has 0 atom stereocenters. The monoisotopic (exact) mass is 186 g/mol. The summed E-state index contributed by atoms with van der Waals surface area (Å²) in [5, 5.41) is 13.7. The third-order valence-corrected chi connectivity index (χ3v) is 2.60. The average Bonchev–Trinajstić information content (AvgIpc) is 1.79. The van der Waals surface area contributed by atoms with Crippen LogP contribution in [0.2, 0.25) is 0 Å². The number of aliphatic hydroxyl groups is 1. The van der Waals surface area contributed by atoms with Gasteiger partial charge in [0.15, 0.2) is 0 Å². The van der Waals surface area contributed by atoms with E-state index in [0.717, 1.165) is 12.8 Å². The number of rotatable bonds is 1. The summed E-state index contributed by atoms with van der Waals surface area (Å²) in [6, 6.07) is 0. The predicted molar refractivity (Wildman–Crippen MR) is 54.5 cm³/mol. The maximum Gasteiger partial charge on any atom is 0.0804 e. The minimum atomic E-state index is -0.696. The van der Waals surface area contributed by atoms with Gasteiger partial charge in [0.1, 0.15) is 0 Å². The van der Waals surface area contributed by atoms with Crippen molar-refractivity contribution in [3.63, 3.8) is 0 Å². The van der Waals surface area contributed by atoms with Crippen molar-refractivity contribution in [2.75, 3.05) is 6.54 Å². The van der Waals surface area contributed by atoms with Gasteiger partial charge in [0.25, 0.3) is 0 Å². The molecule has 0 aromatic carbocycles. The van der Waals surface area contributed by atoms with E-state index >= 15 is 0 Å². The number of nitrogens with two attached hydrogens (primary N) is 1. The first-order chi connectivity index (χ1) is 5.68. The molecule has 1 rings (SSSR count). The average molecular weight is 186 g/mol. The van der Waals surface area contributed by atoms with Gasteiger partial charge in [0, 0.05) is 17.6 Å². The first-order valence-electron chi connectivity index (χ1n) is 4.90. The number of nitrogens with one attached hydrogen (secondary N) is 1. The molecule has 4 N–H and O–H groups in total. The van der Waals surface area contributed by atoms with Gasteiger partial charge in [-0.05, 0) is 40.5 Å². The van der Waals surface area contributed by atoms with Crippen molar-refractivity contribution in [2.24, 2.45) is 5.73 Å². The fourth-order valence-electron chi connectivity index (χ4n) is 2.86. The summed E-state index contributed by atoms with van der Waals surface area (Å²) in [4.78, 5) is 0. The van der Waals surface area contributed by atoms with Gasteiger partial charge in [-0.25, -0.2) is 0 Å². The normalized spacial score (nSPS) is 30.0. The summed E-state index contributed by atoms with van der Waals surface area (Å²) < 4.78 is 0. The second kappa shape index (κ2) is 2.94. The Morgan fingerprint density at radius 2 is 1.54 bits per heavy atom. The Hall–Kier alpha value is -0.120. The van der Waals surface area contributed by atoms with Gasteiger partial charge in [0.2, 0.25) is 0 Å². The predicted octanol–water partition coefficient (Wildman–Crippen LogP) is 0.617. The van der Waals surface area contributed by atoms with E-state index in [9.17, 15) is 5.11 Å². The van der Waals surface area contributed by atoms with E-state index in [-0.39, 0.29) is 11.1 Å². The minimum absolute atomic E-state index is 0.0319. The molecular weight excluding hydrogens is 164 g/mol. The van der Waals surface area contributed by atoms with Crippen LogP contribution in [-0.2, 0) is 0 Å². The smallest absolute Gasteiger partial charge is 0.0804 e. The largest absolute Gasteiger partial charge is 0.388 e. The van der Waals surface area contributed by atoms with Crippen molar-refractivity contribution in [1.29, 1.82) is 0 Å². The van der Waals surface area contributed by atoms with Crippen LogP contribution in [0.5, 0.6) is 0 Å². The first kappa shape index (κ1) is 11.0. The lowest BCUT2D eigenvalue weighted by molar-refractivity contribution is -0.0488. The Morgan fingerprint density at radius 1 is 1.15 bits per heavy atom. The fraction of sp³-hybridized carbons (Fsp3) is 1.00. The summed E-state index contributed by atoms with van der Waals surface area (Å²) in [7, 11) is 0. The maximum atomic E-state index is 10.2. The van der Waals surface area contributed by atoms with Crippen LogP contribution >= 0.6 is 0 Å². The van der Waals surface area contributed by atoms with E-state index in [1.54, 1.807) is 0 Å². The number of hydrogen-bond donors (Lipinski definition) is 3. The highest BCUT2D eigenvalue weighted by Crippen LogP contribution is 2.34. The van der Waals surface area contributed by atoms with Crippen LogP contribution in [0.4, 0.5) is 0 Å². The maximum absolute atomic E-state index is 10.2. The van der Waals surface area contributed by atoms with Crippen LogP contribution in [0.1, 0.15) is 40.5 Å². The van der Waals surface area contributed by atoms with Gasteiger partial charge in [0.05, 0.1) is 5.60 Å². The van der Waals surface area contributed by atoms with Gasteiger partial charge >= 0.3 is 0 Å². The molecule has 0 unspecified atom stereocenters. The third-order valence-electron chi connectivity index (χ3n) is 2.60. The Kier molecular flexibility index (Phi) is 2.48. The van der Waals surface area contributed by atoms with Crippen LogP contribution in [0.25, 0.3) is 0 Å². The van der Waals surface area contributed by atoms with E-state index < -0.39 is 5.60 Å². The van der Waals surface area contributed by atoms with Crippen molar-refractivity contribution >= 4 is 0 Å². The second-order valence-electron chi connectivity index (χ2n) is 5.67. The van der Waals surface area contributed by atoms with Gasteiger partial charge in [-0.3, -0.25) is 0 Å². The molecule has 3 nitrogen and oxygen atoms in total. The summed E-state index contributed by atoms with van der Waals surface area (Å²) in [6.07, 6.45) is 1.44. The lowest BCUT2D eigenvalue weighted by atomic mass is 9.73. The molecule has 0 amide bonds. The van der Waals surface area contributed by atoms with Crippen LogP contribution in [-0.4, -0.2) is 28.3 Å². The van der Waals surface area contributed by atoms with E-state index in [2.05, 4.69) is 33.0 Å². The molecule has 13 heavy (non-hydrogen) atoms. The number of piperidine rings is 1. The quantitative estimate of drug-likeness (QED) is 0.562. The molecule has 1 fully saturated rings. The minimum Gasteiger partial charge on any atom is -0.388 e. The summed E-state index contributed by atoms with van der Waals surface area (Å²) >= 11 is 0. The Labute approximate surface area is 80.7 Å². The molecular formula is C10H22N2O. The Morgan fingerprint density at radius 3 is 1.85 bits per heavy atom. The lowest BCUT2D eigenvalue weighted by Crippen LogP contribution is -2.65. The Balaban J connectivity index is 2.84. The Bertz CT molecular complexity index is 183. The van der Waals surface area contributed by atoms with E-state index in [1.165, 1.54) is 0 Å². The van der Waals surface area contributed by atoms with Gasteiger partial charge in [-0.15, -0.1) is 0 Å². The van der Waals surface area contributed by atoms with Crippen LogP contribution in [0.15, 0.2) is 0 Å². The zero-order chi connectivity index (χ0) is 10.3. The molecule has 1 aliphatic heterocycles. The van der Waals surface area contributed by atoms with Crippen molar-refractivity contribution < 1.29 is 5.11 Å². The SMILES string of the molecule is CC1(C)CC(O)(CN)CC(C)(C)N1. The zero-order valence-electron chi connectivity index (χ0n) is 9.15. The molecule has 1 heterocycles. The van der Waals surface area contributed by atoms with Gasteiger partial charge in [-0.2, -0.15) is 0 Å².